The summed E-state index contributed by atoms with van der Waals surface area (Å²) in [6.45, 7) is 0. The fourth-order valence-corrected chi connectivity index (χ4v) is 9.30. The first-order chi connectivity index (χ1) is 28.2. The molecule has 0 radical (unpaired) electrons. The Morgan fingerprint density at radius 2 is 1.02 bits per heavy atom. The first kappa shape index (κ1) is 33.3. The van der Waals surface area contributed by atoms with E-state index in [1.54, 1.807) is 0 Å². The topological polar surface area (TPSA) is 21.5 Å². The van der Waals surface area contributed by atoms with Crippen LogP contribution in [0, 0.1) is 0 Å². The van der Waals surface area contributed by atoms with Gasteiger partial charge in [-0.1, -0.05) is 146 Å². The van der Waals surface area contributed by atoms with E-state index < -0.39 is 0 Å². The number of hydrogen-bond donors (Lipinski definition) is 0. The molecule has 0 bridgehead atoms. The predicted octanol–water partition coefficient (Wildman–Crippen LogP) is 13.8. The Bertz CT molecular complexity index is 3090. The summed E-state index contributed by atoms with van der Waals surface area (Å²) in [4.78, 5) is 14.5. The van der Waals surface area contributed by atoms with E-state index >= 15 is 0 Å². The maximum Gasteiger partial charge on any atom is 0.263 e. The smallest absolute Gasteiger partial charge is 0.263 e. The second-order valence-corrected chi connectivity index (χ2v) is 15.5. The first-order valence-electron chi connectivity index (χ1n) is 20.0. The highest BCUT2D eigenvalue weighted by Crippen LogP contribution is 2.43. The molecule has 11 rings (SSSR count). The maximum atomic E-state index is 14.5. The summed E-state index contributed by atoms with van der Waals surface area (Å²) in [6, 6.07) is 59.0. The van der Waals surface area contributed by atoms with Crippen molar-refractivity contribution < 1.29 is 0 Å². The zero-order valence-corrected chi connectivity index (χ0v) is 31.5. The molecule has 0 saturated heterocycles. The van der Waals surface area contributed by atoms with Crippen LogP contribution in [-0.4, -0.2) is 4.40 Å². The van der Waals surface area contributed by atoms with E-state index in [2.05, 4.69) is 182 Å². The minimum absolute atomic E-state index is 0.0447. The van der Waals surface area contributed by atoms with Crippen LogP contribution in [0.1, 0.15) is 41.1 Å². The molecule has 2 nitrogen and oxygen atoms in total. The molecule has 0 fully saturated rings. The summed E-state index contributed by atoms with van der Waals surface area (Å²) < 4.78 is 2.00. The molecule has 7 aromatic carbocycles. The van der Waals surface area contributed by atoms with Crippen LogP contribution in [0.4, 0.5) is 0 Å². The molecule has 0 spiro atoms. The van der Waals surface area contributed by atoms with Gasteiger partial charge in [-0.2, -0.15) is 0 Å². The molecule has 9 aromatic rings. The van der Waals surface area contributed by atoms with E-state index in [0.29, 0.717) is 0 Å². The average Bonchev–Trinajstić information content (AvgIpc) is 3.63. The zero-order chi connectivity index (χ0) is 37.9. The summed E-state index contributed by atoms with van der Waals surface area (Å²) in [5.74, 6) is 0.148. The quantitative estimate of drug-likeness (QED) is 0.156. The third-order valence-corrected chi connectivity index (χ3v) is 12.1. The number of fused-ring (bicyclic) bond motifs is 5. The van der Waals surface area contributed by atoms with Crippen molar-refractivity contribution in [2.75, 3.05) is 0 Å². The SMILES string of the molecule is O=c1c2ccccc2c2cc(-c3cc(-c4ccccc4)cc(-c4ccccc4)c3)cc3c4c(n1c32)C=CC(c1cc(C2=CC=CCC2)cc(-c2ccccc2)c1)C4. The number of allylic oxidation sites excluding steroid dienone is 5. The second-order valence-electron chi connectivity index (χ2n) is 15.5. The molecule has 0 saturated carbocycles. The highest BCUT2D eigenvalue weighted by atomic mass is 16.1. The summed E-state index contributed by atoms with van der Waals surface area (Å²) in [7, 11) is 0. The predicted molar refractivity (Wildman–Crippen MR) is 240 cm³/mol. The van der Waals surface area contributed by atoms with Gasteiger partial charge in [0.2, 0.25) is 0 Å². The fourth-order valence-electron chi connectivity index (χ4n) is 9.30. The lowest BCUT2D eigenvalue weighted by Gasteiger charge is -2.21. The molecule has 2 heterocycles. The van der Waals surface area contributed by atoms with Crippen molar-refractivity contribution in [2.24, 2.45) is 0 Å². The lowest BCUT2D eigenvalue weighted by molar-refractivity contribution is 0.826. The van der Waals surface area contributed by atoms with Crippen molar-refractivity contribution in [3.8, 4) is 44.5 Å². The van der Waals surface area contributed by atoms with Crippen LogP contribution in [0.2, 0.25) is 0 Å². The Balaban J connectivity index is 1.13. The number of rotatable bonds is 6. The third-order valence-electron chi connectivity index (χ3n) is 12.1. The normalized spacial score (nSPS) is 15.0. The van der Waals surface area contributed by atoms with Crippen LogP contribution in [0.5, 0.6) is 0 Å². The third kappa shape index (κ3) is 5.76. The van der Waals surface area contributed by atoms with Crippen molar-refractivity contribution >= 4 is 38.7 Å². The molecule has 1 unspecified atom stereocenters. The van der Waals surface area contributed by atoms with Crippen molar-refractivity contribution in [2.45, 2.75) is 25.2 Å². The van der Waals surface area contributed by atoms with E-state index in [4.69, 9.17) is 0 Å². The molecule has 270 valence electrons. The molecule has 57 heavy (non-hydrogen) atoms. The van der Waals surface area contributed by atoms with Crippen molar-refractivity contribution in [1.29, 1.82) is 0 Å². The summed E-state index contributed by atoms with van der Waals surface area (Å²) in [6.07, 6.45) is 14.2. The van der Waals surface area contributed by atoms with Gasteiger partial charge in [-0.3, -0.25) is 9.20 Å². The molecule has 2 aromatic heterocycles. The molecular formula is C55H39NO. The van der Waals surface area contributed by atoms with Crippen LogP contribution in [0.15, 0.2) is 193 Å². The first-order valence-corrected chi connectivity index (χ1v) is 20.0. The molecule has 0 N–H and O–H groups in total. The second kappa shape index (κ2) is 13.6. The lowest BCUT2D eigenvalue weighted by atomic mass is 9.83. The Labute approximate surface area is 332 Å². The van der Waals surface area contributed by atoms with Crippen LogP contribution in [0.25, 0.3) is 83.2 Å². The Hall–Kier alpha value is -7.03. The van der Waals surface area contributed by atoms with Crippen LogP contribution < -0.4 is 5.56 Å². The maximum absolute atomic E-state index is 14.5. The van der Waals surface area contributed by atoms with Crippen LogP contribution in [0.3, 0.4) is 0 Å². The van der Waals surface area contributed by atoms with Gasteiger partial charge in [0.1, 0.15) is 0 Å². The van der Waals surface area contributed by atoms with E-state index in [1.807, 2.05) is 16.5 Å². The van der Waals surface area contributed by atoms with Gasteiger partial charge in [-0.15, -0.1) is 0 Å². The molecular weight excluding hydrogens is 691 g/mol. The van der Waals surface area contributed by atoms with Crippen molar-refractivity contribution in [1.82, 2.24) is 4.40 Å². The summed E-state index contributed by atoms with van der Waals surface area (Å²) in [5, 5.41) is 4.00. The van der Waals surface area contributed by atoms with Crippen LogP contribution in [-0.2, 0) is 6.42 Å². The Morgan fingerprint density at radius 1 is 0.491 bits per heavy atom. The van der Waals surface area contributed by atoms with Gasteiger partial charge in [-0.05, 0) is 140 Å². The van der Waals surface area contributed by atoms with E-state index in [0.717, 1.165) is 63.1 Å². The van der Waals surface area contributed by atoms with Crippen LogP contribution >= 0.6 is 0 Å². The molecule has 2 aliphatic rings. The minimum Gasteiger partial charge on any atom is -0.275 e. The van der Waals surface area contributed by atoms with Gasteiger partial charge in [-0.25, -0.2) is 0 Å². The molecule has 2 heteroatoms. The minimum atomic E-state index is 0.0447. The average molecular weight is 730 g/mol. The Morgan fingerprint density at radius 3 is 1.65 bits per heavy atom. The molecule has 0 aliphatic heterocycles. The number of nitrogens with zero attached hydrogens (tertiary/aromatic N) is 1. The number of hydrogen-bond acceptors (Lipinski definition) is 1. The van der Waals surface area contributed by atoms with E-state index in [1.165, 1.54) is 55.6 Å². The molecule has 0 amide bonds. The highest BCUT2D eigenvalue weighted by molar-refractivity contribution is 6.15. The van der Waals surface area contributed by atoms with Gasteiger partial charge in [0.15, 0.2) is 0 Å². The molecule has 1 atom stereocenters. The number of pyridine rings is 1. The highest BCUT2D eigenvalue weighted by Gasteiger charge is 2.27. The van der Waals surface area contributed by atoms with Crippen molar-refractivity contribution in [3.05, 3.63) is 221 Å². The monoisotopic (exact) mass is 729 g/mol. The molecule has 2 aliphatic carbocycles. The largest absolute Gasteiger partial charge is 0.275 e. The standard InChI is InChI=1S/C55H39NO/c57-55-49-24-14-13-23-48(49)51-34-47(46-31-43(38-19-9-3-10-20-38)28-44(32-46)39-21-11-4-12-22-39)35-52-50-33-40(25-26-53(50)56(55)54(51)52)45-29-41(36-15-5-1-6-16-36)27-42(30-45)37-17-7-2-8-18-37/h1-7,9-17,19-32,34-35,40H,8,18,33H2. The summed E-state index contributed by atoms with van der Waals surface area (Å²) in [5.41, 5.74) is 16.7. The van der Waals surface area contributed by atoms with Gasteiger partial charge >= 0.3 is 0 Å². The number of benzene rings is 7. The number of aromatic nitrogens is 1. The van der Waals surface area contributed by atoms with Gasteiger partial charge in [0, 0.05) is 22.1 Å². The van der Waals surface area contributed by atoms with Gasteiger partial charge in [0.05, 0.1) is 11.2 Å². The van der Waals surface area contributed by atoms with Gasteiger partial charge in [0.25, 0.3) is 5.56 Å². The van der Waals surface area contributed by atoms with E-state index in [9.17, 15) is 4.79 Å². The lowest BCUT2D eigenvalue weighted by Crippen LogP contribution is -2.15. The van der Waals surface area contributed by atoms with Crippen molar-refractivity contribution in [3.63, 3.8) is 0 Å². The summed E-state index contributed by atoms with van der Waals surface area (Å²) >= 11 is 0. The zero-order valence-electron chi connectivity index (χ0n) is 31.5. The van der Waals surface area contributed by atoms with E-state index in [-0.39, 0.29) is 11.5 Å². The van der Waals surface area contributed by atoms with Gasteiger partial charge < -0.3 is 0 Å². The Kier molecular flexibility index (Phi) is 7.96. The fraction of sp³-hybridized carbons (Fsp3) is 0.0727.